The van der Waals surface area contributed by atoms with Gasteiger partial charge in [-0.25, -0.2) is 4.39 Å². The van der Waals surface area contributed by atoms with Crippen molar-refractivity contribution in [1.82, 2.24) is 5.32 Å². The SMILES string of the molecule is COc1ccc(CNC(=O)C2CC2c2ccc(Cl)cc2)cc1F. The normalized spacial score (nSPS) is 19.3. The summed E-state index contributed by atoms with van der Waals surface area (Å²) in [6.07, 6.45) is 0.838. The molecule has 3 rings (SSSR count). The van der Waals surface area contributed by atoms with Gasteiger partial charge in [0.2, 0.25) is 5.91 Å². The number of benzene rings is 2. The molecule has 1 fully saturated rings. The summed E-state index contributed by atoms with van der Waals surface area (Å²) in [7, 11) is 1.42. The molecule has 0 spiro atoms. The number of methoxy groups -OCH3 is 1. The van der Waals surface area contributed by atoms with Crippen LogP contribution in [0, 0.1) is 11.7 Å². The Bertz CT molecular complexity index is 717. The fourth-order valence-electron chi connectivity index (χ4n) is 2.70. The molecule has 2 aromatic carbocycles. The van der Waals surface area contributed by atoms with E-state index >= 15 is 0 Å². The molecule has 0 bridgehead atoms. The number of rotatable bonds is 5. The summed E-state index contributed by atoms with van der Waals surface area (Å²) in [5, 5.41) is 3.56. The summed E-state index contributed by atoms with van der Waals surface area (Å²) < 4.78 is 18.5. The second-order valence-corrected chi connectivity index (χ2v) is 6.12. The number of amides is 1. The zero-order valence-electron chi connectivity index (χ0n) is 12.7. The molecule has 2 unspecified atom stereocenters. The van der Waals surface area contributed by atoms with E-state index in [1.807, 2.05) is 24.3 Å². The number of carbonyl (C=O) groups is 1. The van der Waals surface area contributed by atoms with Gasteiger partial charge >= 0.3 is 0 Å². The summed E-state index contributed by atoms with van der Waals surface area (Å²) in [4.78, 5) is 12.2. The van der Waals surface area contributed by atoms with Gasteiger partial charge < -0.3 is 10.1 Å². The highest BCUT2D eigenvalue weighted by Crippen LogP contribution is 2.47. The molecular formula is C18H17ClFNO2. The molecule has 0 heterocycles. The maximum atomic E-state index is 13.6. The van der Waals surface area contributed by atoms with Gasteiger partial charge in [0.1, 0.15) is 0 Å². The van der Waals surface area contributed by atoms with Crippen LogP contribution in [-0.4, -0.2) is 13.0 Å². The lowest BCUT2D eigenvalue weighted by Gasteiger charge is -2.07. The molecule has 2 atom stereocenters. The number of ether oxygens (including phenoxy) is 1. The average molecular weight is 334 g/mol. The van der Waals surface area contributed by atoms with Gasteiger partial charge in [-0.3, -0.25) is 4.79 Å². The molecule has 2 aromatic rings. The molecule has 0 radical (unpaired) electrons. The van der Waals surface area contributed by atoms with Gasteiger partial charge in [-0.2, -0.15) is 0 Å². The molecule has 23 heavy (non-hydrogen) atoms. The van der Waals surface area contributed by atoms with Crippen LogP contribution in [0.2, 0.25) is 5.02 Å². The van der Waals surface area contributed by atoms with Crippen LogP contribution in [0.15, 0.2) is 42.5 Å². The van der Waals surface area contributed by atoms with Crippen LogP contribution in [0.1, 0.15) is 23.5 Å². The summed E-state index contributed by atoms with van der Waals surface area (Å²) in [5.74, 6) is 0.00935. The van der Waals surface area contributed by atoms with Crippen LogP contribution in [0.5, 0.6) is 5.75 Å². The van der Waals surface area contributed by atoms with Gasteiger partial charge in [0.15, 0.2) is 11.6 Å². The molecule has 0 aromatic heterocycles. The van der Waals surface area contributed by atoms with E-state index in [1.54, 1.807) is 12.1 Å². The molecular weight excluding hydrogens is 317 g/mol. The van der Waals surface area contributed by atoms with Gasteiger partial charge in [-0.15, -0.1) is 0 Å². The minimum Gasteiger partial charge on any atom is -0.494 e. The van der Waals surface area contributed by atoms with Crippen molar-refractivity contribution in [2.45, 2.75) is 18.9 Å². The first-order valence-corrected chi connectivity index (χ1v) is 7.82. The Morgan fingerprint density at radius 1 is 1.30 bits per heavy atom. The quantitative estimate of drug-likeness (QED) is 0.901. The van der Waals surface area contributed by atoms with Gasteiger partial charge in [0, 0.05) is 17.5 Å². The molecule has 1 N–H and O–H groups in total. The summed E-state index contributed by atoms with van der Waals surface area (Å²) in [5.41, 5.74) is 1.84. The maximum Gasteiger partial charge on any atom is 0.224 e. The lowest BCUT2D eigenvalue weighted by Crippen LogP contribution is -2.24. The first kappa shape index (κ1) is 15.8. The van der Waals surface area contributed by atoms with Crippen LogP contribution < -0.4 is 10.1 Å². The van der Waals surface area contributed by atoms with Crippen molar-refractivity contribution in [3.05, 3.63) is 64.4 Å². The Balaban J connectivity index is 1.54. The summed E-state index contributed by atoms with van der Waals surface area (Å²) >= 11 is 5.87. The maximum absolute atomic E-state index is 13.6. The molecule has 1 aliphatic carbocycles. The summed E-state index contributed by atoms with van der Waals surface area (Å²) in [6, 6.07) is 12.3. The third kappa shape index (κ3) is 3.64. The standard InChI is InChI=1S/C18H17ClFNO2/c1-23-17-7-2-11(8-16(17)20)10-21-18(22)15-9-14(15)12-3-5-13(19)6-4-12/h2-8,14-15H,9-10H2,1H3,(H,21,22). The molecule has 0 saturated heterocycles. The van der Waals surface area contributed by atoms with Crippen molar-refractivity contribution in [1.29, 1.82) is 0 Å². The lowest BCUT2D eigenvalue weighted by atomic mass is 10.1. The Labute approximate surface area is 139 Å². The largest absolute Gasteiger partial charge is 0.494 e. The number of halogens is 2. The van der Waals surface area contributed by atoms with E-state index in [4.69, 9.17) is 16.3 Å². The number of carbonyl (C=O) groups excluding carboxylic acids is 1. The number of hydrogen-bond acceptors (Lipinski definition) is 2. The molecule has 1 saturated carbocycles. The van der Waals surface area contributed by atoms with Gasteiger partial charge in [-0.1, -0.05) is 29.8 Å². The smallest absolute Gasteiger partial charge is 0.224 e. The van der Waals surface area contributed by atoms with Crippen LogP contribution >= 0.6 is 11.6 Å². The Kier molecular flexibility index (Phi) is 4.53. The van der Waals surface area contributed by atoms with Crippen LogP contribution in [0.25, 0.3) is 0 Å². The molecule has 1 aliphatic rings. The monoisotopic (exact) mass is 333 g/mol. The lowest BCUT2D eigenvalue weighted by molar-refractivity contribution is -0.122. The third-order valence-corrected chi connectivity index (χ3v) is 4.36. The minimum absolute atomic E-state index is 0.00109. The van der Waals surface area contributed by atoms with E-state index in [0.717, 1.165) is 12.0 Å². The van der Waals surface area contributed by atoms with Gasteiger partial charge in [0.25, 0.3) is 0 Å². The predicted octanol–water partition coefficient (Wildman–Crippen LogP) is 3.91. The van der Waals surface area contributed by atoms with Gasteiger partial charge in [-0.05, 0) is 47.7 Å². The number of hydrogen-bond donors (Lipinski definition) is 1. The highest BCUT2D eigenvalue weighted by Gasteiger charge is 2.43. The van der Waals surface area contributed by atoms with Crippen molar-refractivity contribution >= 4 is 17.5 Å². The zero-order valence-corrected chi connectivity index (χ0v) is 13.4. The first-order chi connectivity index (χ1) is 11.1. The Morgan fingerprint density at radius 2 is 2.04 bits per heavy atom. The molecule has 120 valence electrons. The predicted molar refractivity (Wildman–Crippen MR) is 87.1 cm³/mol. The molecule has 5 heteroatoms. The highest BCUT2D eigenvalue weighted by atomic mass is 35.5. The van der Waals surface area contributed by atoms with Gasteiger partial charge in [0.05, 0.1) is 7.11 Å². The molecule has 3 nitrogen and oxygen atoms in total. The third-order valence-electron chi connectivity index (χ3n) is 4.11. The van der Waals surface area contributed by atoms with E-state index in [0.29, 0.717) is 17.1 Å². The van der Waals surface area contributed by atoms with Crippen molar-refractivity contribution in [2.24, 2.45) is 5.92 Å². The minimum atomic E-state index is -0.426. The molecule has 1 amide bonds. The van der Waals surface area contributed by atoms with Crippen molar-refractivity contribution in [2.75, 3.05) is 7.11 Å². The molecule has 0 aliphatic heterocycles. The fraction of sp³-hybridized carbons (Fsp3) is 0.278. The zero-order chi connectivity index (χ0) is 16.4. The van der Waals surface area contributed by atoms with Crippen LogP contribution in [0.4, 0.5) is 4.39 Å². The van der Waals surface area contributed by atoms with E-state index in [1.165, 1.54) is 13.2 Å². The van der Waals surface area contributed by atoms with Crippen LogP contribution in [-0.2, 0) is 11.3 Å². The van der Waals surface area contributed by atoms with Crippen molar-refractivity contribution < 1.29 is 13.9 Å². The Morgan fingerprint density at radius 3 is 2.70 bits per heavy atom. The van der Waals surface area contributed by atoms with Crippen molar-refractivity contribution in [3.8, 4) is 5.75 Å². The van der Waals surface area contributed by atoms with Crippen LogP contribution in [0.3, 0.4) is 0 Å². The second-order valence-electron chi connectivity index (χ2n) is 5.69. The first-order valence-electron chi connectivity index (χ1n) is 7.44. The van der Waals surface area contributed by atoms with Crippen molar-refractivity contribution in [3.63, 3.8) is 0 Å². The summed E-state index contributed by atoms with van der Waals surface area (Å²) in [6.45, 7) is 0.309. The fourth-order valence-corrected chi connectivity index (χ4v) is 2.83. The Hall–Kier alpha value is -2.07. The second kappa shape index (κ2) is 6.59. The highest BCUT2D eigenvalue weighted by molar-refractivity contribution is 6.30. The van der Waals surface area contributed by atoms with E-state index in [9.17, 15) is 9.18 Å². The number of nitrogens with one attached hydrogen (secondary N) is 1. The van der Waals surface area contributed by atoms with E-state index in [2.05, 4.69) is 5.32 Å². The van der Waals surface area contributed by atoms with E-state index in [-0.39, 0.29) is 23.5 Å². The topological polar surface area (TPSA) is 38.3 Å². The van der Waals surface area contributed by atoms with E-state index < -0.39 is 5.82 Å². The average Bonchev–Trinajstić information content (AvgIpc) is 3.34.